The van der Waals surface area contributed by atoms with Crippen molar-refractivity contribution < 1.29 is 9.59 Å². The van der Waals surface area contributed by atoms with Gasteiger partial charge in [-0.05, 0) is 25.0 Å². The minimum atomic E-state index is -0.205. The Balaban J connectivity index is 0.00000117. The highest BCUT2D eigenvalue weighted by Crippen LogP contribution is 2.22. The van der Waals surface area contributed by atoms with Gasteiger partial charge in [-0.3, -0.25) is 14.5 Å². The van der Waals surface area contributed by atoms with E-state index in [9.17, 15) is 9.59 Å². The van der Waals surface area contributed by atoms with Gasteiger partial charge >= 0.3 is 0 Å². The number of nitrogen functional groups attached to an aromatic ring is 1. The Hall–Kier alpha value is -3.55. The summed E-state index contributed by atoms with van der Waals surface area (Å²) >= 11 is 0. The maximum absolute atomic E-state index is 12.3. The van der Waals surface area contributed by atoms with Crippen LogP contribution < -0.4 is 5.73 Å². The number of anilines is 1. The summed E-state index contributed by atoms with van der Waals surface area (Å²) in [6.07, 6.45) is 8.48. The summed E-state index contributed by atoms with van der Waals surface area (Å²) in [6.45, 7) is 5.16. The van der Waals surface area contributed by atoms with Gasteiger partial charge in [0.15, 0.2) is 0 Å². The molecule has 0 spiro atoms. The Morgan fingerprint density at radius 3 is 2.10 bits per heavy atom. The van der Waals surface area contributed by atoms with Crippen molar-refractivity contribution >= 4 is 17.8 Å². The number of carbonyl (C=O) groups excluding carboxylic acids is 2. The average Bonchev–Trinajstić information content (AvgIpc) is 3.32. The minimum absolute atomic E-state index is 0.205. The maximum atomic E-state index is 12.3. The number of nitrogens with zero attached hydrogens (tertiary/aromatic N) is 5. The first kappa shape index (κ1) is 20.2. The van der Waals surface area contributed by atoms with Crippen LogP contribution in [0.15, 0.2) is 49.2 Å². The maximum Gasteiger partial charge on any atom is 0.261 e. The summed E-state index contributed by atoms with van der Waals surface area (Å²) in [5.74, 6) is -0.181. The molecule has 0 bridgehead atoms. The number of aryl methyl sites for hydroxylation is 1. The minimum Gasteiger partial charge on any atom is -0.368 e. The van der Waals surface area contributed by atoms with Gasteiger partial charge in [-0.15, -0.1) is 0 Å². The first-order valence-corrected chi connectivity index (χ1v) is 9.68. The summed E-state index contributed by atoms with van der Waals surface area (Å²) in [5, 5.41) is 0. The van der Waals surface area contributed by atoms with Crippen molar-refractivity contribution in [3.8, 4) is 11.3 Å². The second kappa shape index (κ2) is 9.09. The van der Waals surface area contributed by atoms with Crippen molar-refractivity contribution in [1.82, 2.24) is 24.4 Å². The monoisotopic (exact) mass is 392 g/mol. The molecule has 3 aromatic rings. The van der Waals surface area contributed by atoms with Crippen LogP contribution in [0.2, 0.25) is 0 Å². The molecule has 3 heterocycles. The number of rotatable bonds is 6. The molecule has 0 atom stereocenters. The predicted molar refractivity (Wildman–Crippen MR) is 110 cm³/mol. The van der Waals surface area contributed by atoms with Crippen LogP contribution in [0, 0.1) is 0 Å². The van der Waals surface area contributed by atoms with Gasteiger partial charge in [0.2, 0.25) is 5.95 Å². The van der Waals surface area contributed by atoms with E-state index in [0.717, 1.165) is 30.6 Å². The van der Waals surface area contributed by atoms with Crippen LogP contribution in [0.25, 0.3) is 11.3 Å². The van der Waals surface area contributed by atoms with Crippen molar-refractivity contribution in [1.29, 1.82) is 0 Å². The molecule has 8 heteroatoms. The molecule has 0 radical (unpaired) electrons. The van der Waals surface area contributed by atoms with Crippen LogP contribution in [0.1, 0.15) is 47.4 Å². The van der Waals surface area contributed by atoms with Gasteiger partial charge in [-0.25, -0.2) is 15.0 Å². The van der Waals surface area contributed by atoms with Crippen LogP contribution in [-0.4, -0.2) is 42.8 Å². The molecule has 1 aliphatic rings. The fourth-order valence-corrected chi connectivity index (χ4v) is 3.11. The van der Waals surface area contributed by atoms with Crippen LogP contribution >= 0.6 is 0 Å². The number of hydrogen-bond acceptors (Lipinski definition) is 6. The molecular weight excluding hydrogens is 368 g/mol. The predicted octanol–water partition coefficient (Wildman–Crippen LogP) is 3.02. The van der Waals surface area contributed by atoms with E-state index in [4.69, 9.17) is 5.73 Å². The van der Waals surface area contributed by atoms with Gasteiger partial charge in [0.1, 0.15) is 0 Å². The van der Waals surface area contributed by atoms with Crippen LogP contribution in [0.4, 0.5) is 5.95 Å². The highest BCUT2D eigenvalue weighted by Gasteiger charge is 2.34. The molecule has 0 fully saturated rings. The Kier molecular flexibility index (Phi) is 6.33. The van der Waals surface area contributed by atoms with E-state index in [0.29, 0.717) is 17.7 Å². The third-order valence-corrected chi connectivity index (χ3v) is 4.53. The first-order chi connectivity index (χ1) is 14.1. The molecule has 2 aromatic heterocycles. The number of nitrogens with two attached hydrogens (primary N) is 1. The molecule has 0 saturated carbocycles. The van der Waals surface area contributed by atoms with Crippen molar-refractivity contribution in [3.63, 3.8) is 0 Å². The highest BCUT2D eigenvalue weighted by atomic mass is 16.2. The Morgan fingerprint density at radius 1 is 0.897 bits per heavy atom. The lowest BCUT2D eigenvalue weighted by molar-refractivity contribution is 0.0651. The standard InChI is InChI=1S/C19H18N6O2.C2H6/c20-19-21-9-13(10-22-19)16-11-24(12-23-16)7-3-4-8-25-17(26)14-5-1-2-6-15(14)18(25)27;1-2/h1-2,5-6,9-12H,3-4,7-8H2,(H2,20,21,22);1-2H3. The Morgan fingerprint density at radius 2 is 1.48 bits per heavy atom. The zero-order valence-electron chi connectivity index (χ0n) is 16.6. The number of fused-ring (bicyclic) bond motifs is 1. The zero-order chi connectivity index (χ0) is 20.8. The van der Waals surface area contributed by atoms with Crippen LogP contribution in [-0.2, 0) is 6.54 Å². The second-order valence-corrected chi connectivity index (χ2v) is 6.34. The molecule has 0 unspecified atom stereocenters. The normalized spacial score (nSPS) is 12.6. The number of carbonyl (C=O) groups is 2. The molecule has 2 amide bonds. The van der Waals surface area contributed by atoms with Gasteiger partial charge < -0.3 is 10.3 Å². The van der Waals surface area contributed by atoms with E-state index in [1.54, 1.807) is 43.0 Å². The number of imide groups is 1. The quantitative estimate of drug-likeness (QED) is 0.510. The van der Waals surface area contributed by atoms with Crippen molar-refractivity contribution in [2.45, 2.75) is 33.2 Å². The van der Waals surface area contributed by atoms with Gasteiger partial charge in [-0.2, -0.15) is 0 Å². The Bertz CT molecular complexity index is 961. The molecule has 0 aliphatic carbocycles. The van der Waals surface area contributed by atoms with E-state index in [-0.39, 0.29) is 17.8 Å². The molecule has 2 N–H and O–H groups in total. The van der Waals surface area contributed by atoms with E-state index in [1.165, 1.54) is 4.90 Å². The first-order valence-electron chi connectivity index (χ1n) is 9.68. The van der Waals surface area contributed by atoms with E-state index < -0.39 is 0 Å². The Labute approximate surface area is 169 Å². The average molecular weight is 392 g/mol. The zero-order valence-corrected chi connectivity index (χ0v) is 16.6. The van der Waals surface area contributed by atoms with Gasteiger partial charge in [0.05, 0.1) is 23.1 Å². The summed E-state index contributed by atoms with van der Waals surface area (Å²) in [7, 11) is 0. The third kappa shape index (κ3) is 4.31. The molecule has 1 aromatic carbocycles. The smallest absolute Gasteiger partial charge is 0.261 e. The highest BCUT2D eigenvalue weighted by molar-refractivity contribution is 6.21. The number of imidazole rings is 1. The largest absolute Gasteiger partial charge is 0.368 e. The number of aromatic nitrogens is 4. The van der Waals surface area contributed by atoms with Crippen molar-refractivity contribution in [3.05, 3.63) is 60.3 Å². The number of benzene rings is 1. The molecule has 4 rings (SSSR count). The summed E-state index contributed by atoms with van der Waals surface area (Å²) < 4.78 is 1.97. The molecule has 8 nitrogen and oxygen atoms in total. The topological polar surface area (TPSA) is 107 Å². The SMILES string of the molecule is CC.Nc1ncc(-c2cn(CCCCN3C(=O)c4ccccc4C3=O)cn2)cn1. The van der Waals surface area contributed by atoms with Gasteiger partial charge in [0, 0.05) is 37.2 Å². The fourth-order valence-electron chi connectivity index (χ4n) is 3.11. The number of amides is 2. The lowest BCUT2D eigenvalue weighted by atomic mass is 10.1. The lowest BCUT2D eigenvalue weighted by Crippen LogP contribution is -2.30. The fraction of sp³-hybridized carbons (Fsp3) is 0.286. The van der Waals surface area contributed by atoms with Crippen molar-refractivity contribution in [2.75, 3.05) is 12.3 Å². The molecule has 1 aliphatic heterocycles. The second-order valence-electron chi connectivity index (χ2n) is 6.34. The summed E-state index contributed by atoms with van der Waals surface area (Å²) in [5.41, 5.74) is 8.05. The van der Waals surface area contributed by atoms with E-state index in [1.807, 2.05) is 24.6 Å². The number of hydrogen-bond donors (Lipinski definition) is 1. The lowest BCUT2D eigenvalue weighted by Gasteiger charge is -2.13. The molecule has 29 heavy (non-hydrogen) atoms. The molecule has 150 valence electrons. The van der Waals surface area contributed by atoms with Gasteiger partial charge in [-0.1, -0.05) is 26.0 Å². The number of unbranched alkanes of at least 4 members (excludes halogenated alkanes) is 1. The summed E-state index contributed by atoms with van der Waals surface area (Å²) in [4.78, 5) is 38.3. The third-order valence-electron chi connectivity index (χ3n) is 4.53. The van der Waals surface area contributed by atoms with E-state index in [2.05, 4.69) is 15.0 Å². The van der Waals surface area contributed by atoms with Gasteiger partial charge in [0.25, 0.3) is 11.8 Å². The molecule has 0 saturated heterocycles. The van der Waals surface area contributed by atoms with Crippen LogP contribution in [0.5, 0.6) is 0 Å². The molecular formula is C21H24N6O2. The van der Waals surface area contributed by atoms with Crippen LogP contribution in [0.3, 0.4) is 0 Å². The van der Waals surface area contributed by atoms with Crippen molar-refractivity contribution in [2.24, 2.45) is 0 Å². The summed E-state index contributed by atoms with van der Waals surface area (Å²) in [6, 6.07) is 6.94. The van der Waals surface area contributed by atoms with E-state index >= 15 is 0 Å².